The highest BCUT2D eigenvalue weighted by molar-refractivity contribution is 7.16. The molecule has 1 amide bonds. The van der Waals surface area contributed by atoms with E-state index in [0.29, 0.717) is 22.0 Å². The maximum absolute atomic E-state index is 13.6. The zero-order valence-electron chi connectivity index (χ0n) is 20.6. The van der Waals surface area contributed by atoms with Crippen molar-refractivity contribution in [2.75, 3.05) is 5.32 Å². The Kier molecular flexibility index (Phi) is 6.25. The molecule has 0 fully saturated rings. The number of aryl methyl sites for hydroxylation is 1. The lowest BCUT2D eigenvalue weighted by atomic mass is 9.69. The summed E-state index contributed by atoms with van der Waals surface area (Å²) in [5, 5.41) is 14.6. The van der Waals surface area contributed by atoms with Gasteiger partial charge in [0.25, 0.3) is 5.91 Å². The number of thiophene rings is 2. The van der Waals surface area contributed by atoms with Crippen LogP contribution in [0.4, 0.5) is 5.00 Å². The van der Waals surface area contributed by atoms with Crippen LogP contribution in [0.5, 0.6) is 0 Å². The van der Waals surface area contributed by atoms with Gasteiger partial charge in [0.15, 0.2) is 0 Å². The lowest BCUT2D eigenvalue weighted by Gasteiger charge is -2.36. The zero-order valence-corrected chi connectivity index (χ0v) is 22.2. The number of para-hydroxylation sites is 1. The summed E-state index contributed by atoms with van der Waals surface area (Å²) < 4.78 is 0. The van der Waals surface area contributed by atoms with Crippen molar-refractivity contribution in [1.82, 2.24) is 4.98 Å². The number of aromatic nitrogens is 1. The molecular formula is C29H29N3OS2. The Morgan fingerprint density at radius 2 is 2.03 bits per heavy atom. The van der Waals surface area contributed by atoms with Gasteiger partial charge in [0.05, 0.1) is 27.2 Å². The van der Waals surface area contributed by atoms with Crippen molar-refractivity contribution in [1.29, 1.82) is 5.26 Å². The molecule has 0 unspecified atom stereocenters. The van der Waals surface area contributed by atoms with Gasteiger partial charge < -0.3 is 5.32 Å². The number of nitrogens with one attached hydrogen (secondary N) is 1. The van der Waals surface area contributed by atoms with E-state index >= 15 is 0 Å². The van der Waals surface area contributed by atoms with E-state index in [1.54, 1.807) is 22.7 Å². The third kappa shape index (κ3) is 4.39. The minimum atomic E-state index is -0.196. The molecule has 0 aliphatic heterocycles. The highest BCUT2D eigenvalue weighted by Gasteiger charge is 2.34. The van der Waals surface area contributed by atoms with E-state index in [4.69, 9.17) is 4.98 Å². The van der Waals surface area contributed by atoms with E-state index in [1.807, 2.05) is 36.4 Å². The second kappa shape index (κ2) is 9.22. The fourth-order valence-corrected chi connectivity index (χ4v) is 7.08. The smallest absolute Gasteiger partial charge is 0.257 e. The van der Waals surface area contributed by atoms with Gasteiger partial charge in [-0.15, -0.1) is 22.7 Å². The van der Waals surface area contributed by atoms with Crippen LogP contribution < -0.4 is 5.32 Å². The number of pyridine rings is 1. The van der Waals surface area contributed by atoms with Crippen LogP contribution in [0.15, 0.2) is 42.5 Å². The van der Waals surface area contributed by atoms with Crippen molar-refractivity contribution < 1.29 is 4.79 Å². The summed E-state index contributed by atoms with van der Waals surface area (Å²) in [7, 11) is 0. The second-order valence-electron chi connectivity index (χ2n) is 10.0. The van der Waals surface area contributed by atoms with Crippen LogP contribution in [0.1, 0.15) is 64.9 Å². The van der Waals surface area contributed by atoms with E-state index < -0.39 is 0 Å². The molecule has 1 N–H and O–H groups in total. The third-order valence-corrected chi connectivity index (χ3v) is 9.77. The Hall–Kier alpha value is -3.01. The minimum Gasteiger partial charge on any atom is -0.312 e. The first kappa shape index (κ1) is 23.7. The molecule has 0 radical (unpaired) electrons. The molecule has 1 aliphatic rings. The minimum absolute atomic E-state index is 0.196. The summed E-state index contributed by atoms with van der Waals surface area (Å²) in [4.78, 5) is 21.9. The van der Waals surface area contributed by atoms with Crippen LogP contribution in [0, 0.1) is 29.6 Å². The fourth-order valence-electron chi connectivity index (χ4n) is 4.98. The molecule has 35 heavy (non-hydrogen) atoms. The van der Waals surface area contributed by atoms with Crippen molar-refractivity contribution in [3.63, 3.8) is 0 Å². The number of nitriles is 1. The molecule has 1 aromatic carbocycles. The normalized spacial score (nSPS) is 15.6. The average molecular weight is 500 g/mol. The first-order valence-electron chi connectivity index (χ1n) is 12.1. The predicted molar refractivity (Wildman–Crippen MR) is 146 cm³/mol. The average Bonchev–Trinajstić information content (AvgIpc) is 3.45. The number of nitrogens with zero attached hydrogens (tertiary/aromatic N) is 2. The van der Waals surface area contributed by atoms with Crippen molar-refractivity contribution in [3.8, 4) is 16.6 Å². The molecule has 3 heterocycles. The summed E-state index contributed by atoms with van der Waals surface area (Å²) in [6.45, 7) is 8.99. The van der Waals surface area contributed by atoms with E-state index in [2.05, 4.69) is 45.1 Å². The quantitative estimate of drug-likeness (QED) is 0.302. The van der Waals surface area contributed by atoms with Crippen LogP contribution in [0.2, 0.25) is 0 Å². The third-order valence-electron chi connectivity index (χ3n) is 7.57. The standard InChI is InChI=1S/C29H29N3OS2/c1-5-29(3,4)18-11-12-20-22(16-30)28(35-26(20)14-18)32-27(33)21-15-24(25-13-10-17(2)34-25)31-23-9-7-6-8-19(21)23/h6-10,13,15,18H,5,11-12,14H2,1-4H3,(H,32,33)/t18-/m0/s1. The molecule has 0 saturated heterocycles. The molecule has 4 aromatic rings. The maximum Gasteiger partial charge on any atom is 0.257 e. The van der Waals surface area contributed by atoms with Gasteiger partial charge in [-0.05, 0) is 67.3 Å². The molecule has 4 nitrogen and oxygen atoms in total. The summed E-state index contributed by atoms with van der Waals surface area (Å²) in [5.41, 5.74) is 4.20. The topological polar surface area (TPSA) is 65.8 Å². The SMILES string of the molecule is CCC(C)(C)[C@H]1CCc2c(sc(NC(=O)c3cc(-c4ccc(C)s4)nc4ccccc34)c2C#N)C1. The summed E-state index contributed by atoms with van der Waals surface area (Å²) in [5.74, 6) is 0.397. The number of amides is 1. The molecule has 178 valence electrons. The molecule has 1 atom stereocenters. The largest absolute Gasteiger partial charge is 0.312 e. The first-order valence-corrected chi connectivity index (χ1v) is 13.8. The molecule has 0 spiro atoms. The molecule has 5 rings (SSSR count). The molecule has 3 aromatic heterocycles. The van der Waals surface area contributed by atoms with E-state index in [-0.39, 0.29) is 11.3 Å². The second-order valence-corrected chi connectivity index (χ2v) is 12.4. The summed E-state index contributed by atoms with van der Waals surface area (Å²) in [6, 6.07) is 16.1. The number of rotatable bonds is 5. The van der Waals surface area contributed by atoms with Crippen molar-refractivity contribution >= 4 is 44.5 Å². The van der Waals surface area contributed by atoms with Crippen molar-refractivity contribution in [3.05, 3.63) is 68.9 Å². The number of benzene rings is 1. The van der Waals surface area contributed by atoms with Gasteiger partial charge in [-0.1, -0.05) is 45.4 Å². The molecule has 6 heteroatoms. The predicted octanol–water partition coefficient (Wildman–Crippen LogP) is 8.00. The number of fused-ring (bicyclic) bond motifs is 2. The Morgan fingerprint density at radius 3 is 2.74 bits per heavy atom. The van der Waals surface area contributed by atoms with Crippen LogP contribution in [-0.4, -0.2) is 10.9 Å². The molecular weight excluding hydrogens is 470 g/mol. The lowest BCUT2D eigenvalue weighted by molar-refractivity contribution is 0.102. The number of anilines is 1. The monoisotopic (exact) mass is 499 g/mol. The summed E-state index contributed by atoms with van der Waals surface area (Å²) >= 11 is 3.25. The Labute approximate surface area is 214 Å². The number of hydrogen-bond acceptors (Lipinski definition) is 5. The van der Waals surface area contributed by atoms with Crippen LogP contribution >= 0.6 is 22.7 Å². The molecule has 1 aliphatic carbocycles. The number of carbonyl (C=O) groups excluding carboxylic acids is 1. The maximum atomic E-state index is 13.6. The molecule has 0 bridgehead atoms. The van der Waals surface area contributed by atoms with Gasteiger partial charge in [-0.3, -0.25) is 4.79 Å². The molecule has 0 saturated carbocycles. The highest BCUT2D eigenvalue weighted by atomic mass is 32.1. The van der Waals surface area contributed by atoms with Crippen LogP contribution in [-0.2, 0) is 12.8 Å². The van der Waals surface area contributed by atoms with Gasteiger partial charge in [0.2, 0.25) is 0 Å². The van der Waals surface area contributed by atoms with E-state index in [9.17, 15) is 10.1 Å². The van der Waals surface area contributed by atoms with E-state index in [0.717, 1.165) is 52.7 Å². The Balaban J connectivity index is 1.51. The Morgan fingerprint density at radius 1 is 1.23 bits per heavy atom. The van der Waals surface area contributed by atoms with E-state index in [1.165, 1.54) is 9.75 Å². The van der Waals surface area contributed by atoms with Crippen molar-refractivity contribution in [2.24, 2.45) is 11.3 Å². The van der Waals surface area contributed by atoms with Crippen molar-refractivity contribution in [2.45, 2.75) is 53.4 Å². The number of hydrogen-bond donors (Lipinski definition) is 1. The zero-order chi connectivity index (χ0) is 24.7. The van der Waals surface area contributed by atoms with Gasteiger partial charge in [0.1, 0.15) is 11.1 Å². The fraction of sp³-hybridized carbons (Fsp3) is 0.345. The van der Waals surface area contributed by atoms with Crippen LogP contribution in [0.25, 0.3) is 21.5 Å². The van der Waals surface area contributed by atoms with Gasteiger partial charge in [-0.2, -0.15) is 5.26 Å². The number of carbonyl (C=O) groups is 1. The summed E-state index contributed by atoms with van der Waals surface area (Å²) in [6.07, 6.45) is 4.10. The lowest BCUT2D eigenvalue weighted by Crippen LogP contribution is -2.28. The highest BCUT2D eigenvalue weighted by Crippen LogP contribution is 2.45. The van der Waals surface area contributed by atoms with Gasteiger partial charge in [-0.25, -0.2) is 4.98 Å². The first-order chi connectivity index (χ1) is 16.8. The Bertz CT molecular complexity index is 1470. The van der Waals surface area contributed by atoms with Crippen LogP contribution in [0.3, 0.4) is 0 Å². The van der Waals surface area contributed by atoms with Gasteiger partial charge >= 0.3 is 0 Å². The van der Waals surface area contributed by atoms with Gasteiger partial charge in [0, 0.05) is 15.1 Å².